The molecule has 3 N–H and O–H groups in total. The quantitative estimate of drug-likeness (QED) is 0.753. The van der Waals surface area contributed by atoms with Crippen LogP contribution in [0, 0.1) is 6.92 Å². The van der Waals surface area contributed by atoms with Gasteiger partial charge in [-0.2, -0.15) is 0 Å². The number of nitrogens with one attached hydrogen (secondary N) is 3. The van der Waals surface area contributed by atoms with Crippen LogP contribution < -0.4 is 20.9 Å². The van der Waals surface area contributed by atoms with Crippen LogP contribution in [0.25, 0.3) is 0 Å². The van der Waals surface area contributed by atoms with E-state index < -0.39 is 0 Å². The van der Waals surface area contributed by atoms with Gasteiger partial charge in [0.2, 0.25) is 11.5 Å². The molecule has 1 heterocycles. The van der Waals surface area contributed by atoms with Gasteiger partial charge >= 0.3 is 0 Å². The number of aromatic nitrogens is 1. The molecule has 1 aliphatic carbocycles. The summed E-state index contributed by atoms with van der Waals surface area (Å²) in [6, 6.07) is 9.01. The molecule has 1 fully saturated rings. The van der Waals surface area contributed by atoms with Crippen LogP contribution in [0.1, 0.15) is 30.4 Å². The number of rotatable bonds is 6. The highest BCUT2D eigenvalue weighted by Crippen LogP contribution is 2.40. The first-order valence-corrected chi connectivity index (χ1v) is 8.41. The highest BCUT2D eigenvalue weighted by atomic mass is 16.5. The zero-order chi connectivity index (χ0) is 17.9. The van der Waals surface area contributed by atoms with Gasteiger partial charge in [-0.05, 0) is 49.4 Å². The standard InChI is InChI=1S/C19H23N3O3/c1-13-4-6-16(25-2)15(10-13)22-18(24)12-21-19(8-3-9-19)14-5-7-17(23)20-11-14/h4-7,10-11,21H,3,8-9,12H2,1-2H3,(H,20,23)(H,22,24). The predicted molar refractivity (Wildman–Crippen MR) is 97.0 cm³/mol. The van der Waals surface area contributed by atoms with Crippen molar-refractivity contribution in [1.82, 2.24) is 10.3 Å². The number of aryl methyl sites for hydroxylation is 1. The van der Waals surface area contributed by atoms with E-state index in [1.54, 1.807) is 13.3 Å². The molecule has 0 radical (unpaired) electrons. The number of ether oxygens (including phenoxy) is 1. The second kappa shape index (κ2) is 7.11. The van der Waals surface area contributed by atoms with Crippen molar-refractivity contribution in [3.8, 4) is 5.75 Å². The van der Waals surface area contributed by atoms with E-state index in [4.69, 9.17) is 4.74 Å². The fourth-order valence-electron chi connectivity index (χ4n) is 3.17. The molecule has 1 amide bonds. The van der Waals surface area contributed by atoms with E-state index >= 15 is 0 Å². The zero-order valence-electron chi connectivity index (χ0n) is 14.5. The van der Waals surface area contributed by atoms with Crippen LogP contribution in [0.15, 0.2) is 41.3 Å². The summed E-state index contributed by atoms with van der Waals surface area (Å²) in [5, 5.41) is 6.26. The van der Waals surface area contributed by atoms with Gasteiger partial charge in [-0.25, -0.2) is 0 Å². The van der Waals surface area contributed by atoms with E-state index in [0.29, 0.717) is 11.4 Å². The van der Waals surface area contributed by atoms with Gasteiger partial charge in [0.1, 0.15) is 5.75 Å². The zero-order valence-corrected chi connectivity index (χ0v) is 14.5. The van der Waals surface area contributed by atoms with Crippen LogP contribution in [-0.4, -0.2) is 24.5 Å². The number of amides is 1. The van der Waals surface area contributed by atoms with E-state index in [-0.39, 0.29) is 23.6 Å². The SMILES string of the molecule is COc1ccc(C)cc1NC(=O)CNC1(c2ccc(=O)[nH]c2)CCC1. The molecule has 132 valence electrons. The number of aromatic amines is 1. The van der Waals surface area contributed by atoms with E-state index in [1.165, 1.54) is 6.07 Å². The molecular formula is C19H23N3O3. The Balaban J connectivity index is 1.66. The molecule has 6 heteroatoms. The van der Waals surface area contributed by atoms with Crippen molar-refractivity contribution < 1.29 is 9.53 Å². The Morgan fingerprint density at radius 2 is 2.08 bits per heavy atom. The lowest BCUT2D eigenvalue weighted by atomic mass is 9.72. The van der Waals surface area contributed by atoms with Gasteiger partial charge in [-0.1, -0.05) is 12.1 Å². The van der Waals surface area contributed by atoms with Crippen molar-refractivity contribution in [2.24, 2.45) is 0 Å². The Bertz CT molecular complexity index is 804. The maximum atomic E-state index is 12.4. The molecule has 6 nitrogen and oxygen atoms in total. The smallest absolute Gasteiger partial charge is 0.247 e. The number of hydrogen-bond donors (Lipinski definition) is 3. The molecule has 1 saturated carbocycles. The largest absolute Gasteiger partial charge is 0.495 e. The molecule has 0 spiro atoms. The first-order chi connectivity index (χ1) is 12.0. The fraction of sp³-hybridized carbons (Fsp3) is 0.368. The molecule has 2 aromatic rings. The predicted octanol–water partition coefficient (Wildman–Crippen LogP) is 2.30. The van der Waals surface area contributed by atoms with Crippen LogP contribution in [0.5, 0.6) is 5.75 Å². The summed E-state index contributed by atoms with van der Waals surface area (Å²) in [6.45, 7) is 2.16. The number of pyridine rings is 1. The van der Waals surface area contributed by atoms with Crippen molar-refractivity contribution in [2.75, 3.05) is 19.0 Å². The Labute approximate surface area is 146 Å². The fourth-order valence-corrected chi connectivity index (χ4v) is 3.17. The summed E-state index contributed by atoms with van der Waals surface area (Å²) in [4.78, 5) is 26.3. The third-order valence-electron chi connectivity index (χ3n) is 4.76. The van der Waals surface area contributed by atoms with E-state index in [0.717, 1.165) is 30.4 Å². The molecule has 0 bridgehead atoms. The number of methoxy groups -OCH3 is 1. The minimum absolute atomic E-state index is 0.123. The third-order valence-corrected chi connectivity index (χ3v) is 4.76. The average Bonchev–Trinajstić information content (AvgIpc) is 2.55. The van der Waals surface area contributed by atoms with Gasteiger partial charge in [0.05, 0.1) is 19.3 Å². The summed E-state index contributed by atoms with van der Waals surface area (Å²) in [5.41, 5.74) is 2.37. The van der Waals surface area contributed by atoms with Crippen LogP contribution in [-0.2, 0) is 10.3 Å². The molecule has 25 heavy (non-hydrogen) atoms. The molecule has 0 unspecified atom stereocenters. The van der Waals surface area contributed by atoms with Crippen molar-refractivity contribution in [1.29, 1.82) is 0 Å². The second-order valence-electron chi connectivity index (χ2n) is 6.48. The summed E-state index contributed by atoms with van der Waals surface area (Å²) in [5.74, 6) is 0.512. The lowest BCUT2D eigenvalue weighted by molar-refractivity contribution is -0.116. The molecule has 1 aliphatic rings. The topological polar surface area (TPSA) is 83.2 Å². The Kier molecular flexibility index (Phi) is 4.90. The maximum absolute atomic E-state index is 12.4. The number of carbonyl (C=O) groups is 1. The minimum Gasteiger partial charge on any atom is -0.495 e. The van der Waals surface area contributed by atoms with Crippen molar-refractivity contribution >= 4 is 11.6 Å². The highest BCUT2D eigenvalue weighted by Gasteiger charge is 2.38. The number of H-pyrrole nitrogens is 1. The minimum atomic E-state index is -0.238. The average molecular weight is 341 g/mol. The van der Waals surface area contributed by atoms with Crippen molar-refractivity contribution in [3.05, 3.63) is 58.0 Å². The van der Waals surface area contributed by atoms with Crippen LogP contribution >= 0.6 is 0 Å². The normalized spacial score (nSPS) is 15.3. The van der Waals surface area contributed by atoms with Crippen molar-refractivity contribution in [3.63, 3.8) is 0 Å². The van der Waals surface area contributed by atoms with Gasteiger partial charge in [0.15, 0.2) is 0 Å². The van der Waals surface area contributed by atoms with Gasteiger partial charge in [-0.3, -0.25) is 14.9 Å². The number of hydrogen-bond acceptors (Lipinski definition) is 4. The molecule has 0 atom stereocenters. The molecular weight excluding hydrogens is 318 g/mol. The second-order valence-corrected chi connectivity index (χ2v) is 6.48. The first-order valence-electron chi connectivity index (χ1n) is 8.41. The molecule has 0 saturated heterocycles. The van der Waals surface area contributed by atoms with E-state index in [9.17, 15) is 9.59 Å². The highest BCUT2D eigenvalue weighted by molar-refractivity contribution is 5.93. The maximum Gasteiger partial charge on any atom is 0.247 e. The lowest BCUT2D eigenvalue weighted by Crippen LogP contribution is -2.50. The molecule has 0 aliphatic heterocycles. The van der Waals surface area contributed by atoms with Crippen molar-refractivity contribution in [2.45, 2.75) is 31.7 Å². The lowest BCUT2D eigenvalue weighted by Gasteiger charge is -2.43. The Morgan fingerprint density at radius 1 is 1.28 bits per heavy atom. The molecule has 1 aromatic heterocycles. The number of benzene rings is 1. The van der Waals surface area contributed by atoms with E-state index in [2.05, 4.69) is 15.6 Å². The molecule has 1 aromatic carbocycles. The Hall–Kier alpha value is -2.60. The van der Waals surface area contributed by atoms with Crippen LogP contribution in [0.2, 0.25) is 0 Å². The van der Waals surface area contributed by atoms with Gasteiger partial charge in [0, 0.05) is 17.8 Å². The number of anilines is 1. The molecule has 3 rings (SSSR count). The van der Waals surface area contributed by atoms with Gasteiger partial charge in [0.25, 0.3) is 0 Å². The summed E-state index contributed by atoms with van der Waals surface area (Å²) < 4.78 is 5.29. The monoisotopic (exact) mass is 341 g/mol. The summed E-state index contributed by atoms with van der Waals surface area (Å²) in [6.07, 6.45) is 4.72. The summed E-state index contributed by atoms with van der Waals surface area (Å²) >= 11 is 0. The number of carbonyl (C=O) groups excluding carboxylic acids is 1. The Morgan fingerprint density at radius 3 is 2.68 bits per heavy atom. The van der Waals surface area contributed by atoms with Crippen LogP contribution in [0.4, 0.5) is 5.69 Å². The van der Waals surface area contributed by atoms with Crippen LogP contribution in [0.3, 0.4) is 0 Å². The third kappa shape index (κ3) is 3.74. The summed E-state index contributed by atoms with van der Waals surface area (Å²) in [7, 11) is 1.58. The first kappa shape index (κ1) is 17.2. The van der Waals surface area contributed by atoms with Gasteiger partial charge < -0.3 is 15.0 Å². The van der Waals surface area contributed by atoms with E-state index in [1.807, 2.05) is 31.2 Å². The van der Waals surface area contributed by atoms with Gasteiger partial charge in [-0.15, -0.1) is 0 Å².